The Bertz CT molecular complexity index is 648. The van der Waals surface area contributed by atoms with E-state index in [4.69, 9.17) is 16.2 Å². The summed E-state index contributed by atoms with van der Waals surface area (Å²) >= 11 is 0. The van der Waals surface area contributed by atoms with Crippen molar-refractivity contribution in [1.29, 1.82) is 0 Å². The van der Waals surface area contributed by atoms with Crippen molar-refractivity contribution in [1.82, 2.24) is 0 Å². The van der Waals surface area contributed by atoms with Gasteiger partial charge in [0, 0.05) is 5.57 Å². The molecule has 4 nitrogen and oxygen atoms in total. The summed E-state index contributed by atoms with van der Waals surface area (Å²) < 4.78 is 5.14. The van der Waals surface area contributed by atoms with E-state index in [0.29, 0.717) is 22.7 Å². The van der Waals surface area contributed by atoms with Gasteiger partial charge in [0.2, 0.25) is 0 Å². The van der Waals surface area contributed by atoms with Crippen molar-refractivity contribution in [3.63, 3.8) is 0 Å². The zero-order chi connectivity index (χ0) is 13.3. The Labute approximate surface area is 105 Å². The topological polar surface area (TPSA) is 78.3 Å². The second-order valence-electron chi connectivity index (χ2n) is 4.16. The summed E-state index contributed by atoms with van der Waals surface area (Å²) in [6.07, 6.45) is 0. The first kappa shape index (κ1) is 12.0. The van der Waals surface area contributed by atoms with E-state index in [-0.39, 0.29) is 0 Å². The summed E-state index contributed by atoms with van der Waals surface area (Å²) in [5, 5.41) is 1.81. The van der Waals surface area contributed by atoms with E-state index in [9.17, 15) is 4.79 Å². The molecule has 92 valence electrons. The zero-order valence-electron chi connectivity index (χ0n) is 10.1. The number of anilines is 2. The molecule has 0 unspecified atom stereocenters. The number of carbonyl (C=O) groups is 1. The smallest absolute Gasteiger partial charge is 0.338 e. The molecule has 4 heteroatoms. The molecule has 0 atom stereocenters. The maximum atomic E-state index is 11.4. The lowest BCUT2D eigenvalue weighted by Crippen LogP contribution is -2.08. The Morgan fingerprint density at radius 3 is 2.33 bits per heavy atom. The molecule has 0 bridgehead atoms. The Balaban J connectivity index is 2.41. The highest BCUT2D eigenvalue weighted by atomic mass is 16.5. The van der Waals surface area contributed by atoms with Crippen LogP contribution in [0, 0.1) is 0 Å². The number of ether oxygens (including phenoxy) is 1. The van der Waals surface area contributed by atoms with Crippen molar-refractivity contribution >= 4 is 28.1 Å². The number of carbonyl (C=O) groups excluding carboxylic acids is 1. The summed E-state index contributed by atoms with van der Waals surface area (Å²) in [5.74, 6) is 0.0115. The first-order valence-corrected chi connectivity index (χ1v) is 5.44. The van der Waals surface area contributed by atoms with Gasteiger partial charge in [0.25, 0.3) is 0 Å². The normalized spacial score (nSPS) is 10.3. The molecule has 0 saturated carbocycles. The highest BCUT2D eigenvalue weighted by Gasteiger charge is 2.06. The SMILES string of the molecule is C=C(C)C(=O)Oc1ccc2cc(N)c(N)cc2c1. The Morgan fingerprint density at radius 1 is 1.11 bits per heavy atom. The molecule has 0 aliphatic heterocycles. The number of nitrogen functional groups attached to an aromatic ring is 2. The number of rotatable bonds is 2. The van der Waals surface area contributed by atoms with Gasteiger partial charge in [-0.2, -0.15) is 0 Å². The van der Waals surface area contributed by atoms with Gasteiger partial charge in [-0.1, -0.05) is 12.6 Å². The number of nitrogens with two attached hydrogens (primary N) is 2. The molecule has 0 amide bonds. The molecule has 0 heterocycles. The minimum Gasteiger partial charge on any atom is -0.423 e. The van der Waals surface area contributed by atoms with E-state index in [2.05, 4.69) is 6.58 Å². The summed E-state index contributed by atoms with van der Waals surface area (Å²) in [6.45, 7) is 5.13. The summed E-state index contributed by atoms with van der Waals surface area (Å²) in [5.41, 5.74) is 12.9. The van der Waals surface area contributed by atoms with E-state index in [0.717, 1.165) is 10.8 Å². The minimum atomic E-state index is -0.447. The van der Waals surface area contributed by atoms with Crippen LogP contribution < -0.4 is 16.2 Å². The number of fused-ring (bicyclic) bond motifs is 1. The largest absolute Gasteiger partial charge is 0.423 e. The van der Waals surface area contributed by atoms with Gasteiger partial charge in [-0.3, -0.25) is 0 Å². The van der Waals surface area contributed by atoms with Crippen LogP contribution in [-0.4, -0.2) is 5.97 Å². The monoisotopic (exact) mass is 242 g/mol. The number of benzene rings is 2. The van der Waals surface area contributed by atoms with Crippen LogP contribution in [0.5, 0.6) is 5.75 Å². The van der Waals surface area contributed by atoms with Crippen LogP contribution in [0.2, 0.25) is 0 Å². The average Bonchev–Trinajstić information content (AvgIpc) is 2.31. The predicted octanol–water partition coefficient (Wildman–Crippen LogP) is 2.49. The quantitative estimate of drug-likeness (QED) is 0.367. The van der Waals surface area contributed by atoms with Crippen molar-refractivity contribution in [2.75, 3.05) is 11.5 Å². The summed E-state index contributed by atoms with van der Waals surface area (Å²) in [6, 6.07) is 8.81. The molecular weight excluding hydrogens is 228 g/mol. The molecule has 2 rings (SSSR count). The molecule has 0 aliphatic rings. The molecule has 0 aliphatic carbocycles. The maximum absolute atomic E-state index is 11.4. The van der Waals surface area contributed by atoms with Crippen LogP contribution >= 0.6 is 0 Å². The third-order valence-electron chi connectivity index (χ3n) is 2.57. The van der Waals surface area contributed by atoms with Gasteiger partial charge in [-0.05, 0) is 42.0 Å². The predicted molar refractivity (Wildman–Crippen MR) is 73.2 cm³/mol. The van der Waals surface area contributed by atoms with Gasteiger partial charge in [0.1, 0.15) is 5.75 Å². The van der Waals surface area contributed by atoms with Crippen LogP contribution in [0.1, 0.15) is 6.92 Å². The Morgan fingerprint density at radius 2 is 1.72 bits per heavy atom. The third-order valence-corrected chi connectivity index (χ3v) is 2.57. The number of esters is 1. The number of hydrogen-bond acceptors (Lipinski definition) is 4. The van der Waals surface area contributed by atoms with Crippen molar-refractivity contribution < 1.29 is 9.53 Å². The fourth-order valence-corrected chi connectivity index (χ4v) is 1.57. The van der Waals surface area contributed by atoms with Crippen molar-refractivity contribution in [2.45, 2.75) is 6.92 Å². The fourth-order valence-electron chi connectivity index (χ4n) is 1.57. The first-order valence-electron chi connectivity index (χ1n) is 5.44. The molecule has 0 spiro atoms. The van der Waals surface area contributed by atoms with Crippen molar-refractivity contribution in [2.24, 2.45) is 0 Å². The summed E-state index contributed by atoms with van der Waals surface area (Å²) in [7, 11) is 0. The van der Waals surface area contributed by atoms with E-state index >= 15 is 0 Å². The molecule has 2 aromatic carbocycles. The molecule has 2 aromatic rings. The summed E-state index contributed by atoms with van der Waals surface area (Å²) in [4.78, 5) is 11.4. The van der Waals surface area contributed by atoms with E-state index in [1.165, 1.54) is 0 Å². The molecular formula is C14H14N2O2. The number of hydrogen-bond donors (Lipinski definition) is 2. The third kappa shape index (κ3) is 2.27. The first-order chi connectivity index (χ1) is 8.47. The van der Waals surface area contributed by atoms with Gasteiger partial charge < -0.3 is 16.2 Å². The Kier molecular flexibility index (Phi) is 2.93. The highest BCUT2D eigenvalue weighted by Crippen LogP contribution is 2.27. The van der Waals surface area contributed by atoms with Crippen LogP contribution in [0.25, 0.3) is 10.8 Å². The van der Waals surface area contributed by atoms with Crippen LogP contribution in [0.3, 0.4) is 0 Å². The Hall–Kier alpha value is -2.49. The fraction of sp³-hybridized carbons (Fsp3) is 0.0714. The lowest BCUT2D eigenvalue weighted by Gasteiger charge is -2.07. The maximum Gasteiger partial charge on any atom is 0.338 e. The molecule has 0 saturated heterocycles. The van der Waals surface area contributed by atoms with Gasteiger partial charge >= 0.3 is 5.97 Å². The van der Waals surface area contributed by atoms with Crippen molar-refractivity contribution in [3.05, 3.63) is 42.5 Å². The lowest BCUT2D eigenvalue weighted by molar-refractivity contribution is -0.130. The average molecular weight is 242 g/mol. The second kappa shape index (κ2) is 4.41. The van der Waals surface area contributed by atoms with Gasteiger partial charge in [-0.25, -0.2) is 4.79 Å². The molecule has 4 N–H and O–H groups in total. The molecule has 0 aromatic heterocycles. The molecule has 18 heavy (non-hydrogen) atoms. The van der Waals surface area contributed by atoms with Crippen molar-refractivity contribution in [3.8, 4) is 5.75 Å². The van der Waals surface area contributed by atoms with Crippen LogP contribution in [0.15, 0.2) is 42.5 Å². The minimum absolute atomic E-state index is 0.354. The van der Waals surface area contributed by atoms with Crippen LogP contribution in [0.4, 0.5) is 11.4 Å². The molecule has 0 radical (unpaired) electrons. The van der Waals surface area contributed by atoms with E-state index in [1.807, 2.05) is 6.07 Å². The lowest BCUT2D eigenvalue weighted by atomic mass is 10.1. The second-order valence-corrected chi connectivity index (χ2v) is 4.16. The van der Waals surface area contributed by atoms with E-state index < -0.39 is 5.97 Å². The van der Waals surface area contributed by atoms with E-state index in [1.54, 1.807) is 31.2 Å². The van der Waals surface area contributed by atoms with Gasteiger partial charge in [-0.15, -0.1) is 0 Å². The highest BCUT2D eigenvalue weighted by molar-refractivity contribution is 5.93. The van der Waals surface area contributed by atoms with Gasteiger partial charge in [0.05, 0.1) is 11.4 Å². The zero-order valence-corrected chi connectivity index (χ0v) is 10.1. The standard InChI is InChI=1S/C14H14N2O2/c1-8(2)14(17)18-11-4-3-9-6-12(15)13(16)7-10(9)5-11/h3-7H,1,15-16H2,2H3. The molecule has 0 fully saturated rings. The van der Waals surface area contributed by atoms with Crippen LogP contribution in [-0.2, 0) is 4.79 Å². The van der Waals surface area contributed by atoms with Gasteiger partial charge in [0.15, 0.2) is 0 Å².